The molecule has 0 aliphatic carbocycles. The van der Waals surface area contributed by atoms with E-state index in [4.69, 9.17) is 0 Å². The third kappa shape index (κ3) is 2.59. The van der Waals surface area contributed by atoms with Crippen LogP contribution < -0.4 is 5.56 Å². The van der Waals surface area contributed by atoms with Crippen LogP contribution in [0, 0.1) is 17.4 Å². The molecule has 0 saturated carbocycles. The Morgan fingerprint density at radius 2 is 1.59 bits per heavy atom. The first-order valence-corrected chi connectivity index (χ1v) is 8.08. The maximum atomic E-state index is 12.4. The van der Waals surface area contributed by atoms with Gasteiger partial charge in [0.1, 0.15) is 5.82 Å². The predicted molar refractivity (Wildman–Crippen MR) is 97.5 cm³/mol. The number of hydrogen-bond donors (Lipinski definition) is 0. The summed E-state index contributed by atoms with van der Waals surface area (Å²) in [5.74, 6) is 0.700. The van der Waals surface area contributed by atoms with Gasteiger partial charge in [-0.3, -0.25) is 4.79 Å². The van der Waals surface area contributed by atoms with Crippen molar-refractivity contribution in [2.75, 3.05) is 0 Å². The molecule has 0 fully saturated rings. The summed E-state index contributed by atoms with van der Waals surface area (Å²) < 4.78 is 3.17. The SMILES string of the molecule is Cc1nc(=O)c(-c2ccccc2)c(C)n1-c1ccccc1I. The number of halogens is 1. The lowest BCUT2D eigenvalue weighted by atomic mass is 10.1. The van der Waals surface area contributed by atoms with Gasteiger partial charge in [-0.2, -0.15) is 4.98 Å². The fraction of sp³-hybridized carbons (Fsp3) is 0.111. The van der Waals surface area contributed by atoms with Gasteiger partial charge in [-0.05, 0) is 54.1 Å². The van der Waals surface area contributed by atoms with Gasteiger partial charge in [0.05, 0.1) is 11.3 Å². The van der Waals surface area contributed by atoms with Gasteiger partial charge in [0.15, 0.2) is 0 Å². The predicted octanol–water partition coefficient (Wildman–Crippen LogP) is 4.12. The number of aryl methyl sites for hydroxylation is 1. The van der Waals surface area contributed by atoms with Crippen molar-refractivity contribution in [1.29, 1.82) is 0 Å². The van der Waals surface area contributed by atoms with Crippen LogP contribution in [0.3, 0.4) is 0 Å². The monoisotopic (exact) mass is 402 g/mol. The van der Waals surface area contributed by atoms with E-state index in [0.717, 1.165) is 20.5 Å². The summed E-state index contributed by atoms with van der Waals surface area (Å²) in [6.07, 6.45) is 0. The normalized spacial score (nSPS) is 10.7. The van der Waals surface area contributed by atoms with Gasteiger partial charge in [0.25, 0.3) is 5.56 Å². The number of benzene rings is 2. The Kier molecular flexibility index (Phi) is 4.11. The molecule has 3 rings (SSSR count). The van der Waals surface area contributed by atoms with Crippen LogP contribution in [0.4, 0.5) is 0 Å². The van der Waals surface area contributed by atoms with Crippen LogP contribution in [0.25, 0.3) is 16.8 Å². The van der Waals surface area contributed by atoms with Crippen LogP contribution in [0.2, 0.25) is 0 Å². The minimum atomic E-state index is -0.177. The van der Waals surface area contributed by atoms with Crippen LogP contribution in [-0.2, 0) is 0 Å². The molecule has 4 heteroatoms. The van der Waals surface area contributed by atoms with Crippen molar-refractivity contribution in [1.82, 2.24) is 9.55 Å². The van der Waals surface area contributed by atoms with Gasteiger partial charge in [0.2, 0.25) is 0 Å². The Hall–Kier alpha value is -1.95. The van der Waals surface area contributed by atoms with Crippen LogP contribution in [0.1, 0.15) is 11.5 Å². The molecule has 2 aromatic carbocycles. The zero-order chi connectivity index (χ0) is 15.7. The molecular formula is C18H15IN2O. The lowest BCUT2D eigenvalue weighted by Crippen LogP contribution is -2.20. The fourth-order valence-corrected chi connectivity index (χ4v) is 3.32. The molecular weight excluding hydrogens is 387 g/mol. The Labute approximate surface area is 142 Å². The number of para-hydroxylation sites is 1. The van der Waals surface area contributed by atoms with Gasteiger partial charge < -0.3 is 4.57 Å². The van der Waals surface area contributed by atoms with Gasteiger partial charge in [0, 0.05) is 9.26 Å². The first-order valence-electron chi connectivity index (χ1n) is 7.00. The minimum absolute atomic E-state index is 0.177. The van der Waals surface area contributed by atoms with Gasteiger partial charge in [-0.15, -0.1) is 0 Å². The van der Waals surface area contributed by atoms with E-state index in [1.54, 1.807) is 0 Å². The molecule has 0 unspecified atom stereocenters. The van der Waals surface area contributed by atoms with Gasteiger partial charge >= 0.3 is 0 Å². The summed E-state index contributed by atoms with van der Waals surface area (Å²) >= 11 is 2.31. The van der Waals surface area contributed by atoms with E-state index in [-0.39, 0.29) is 5.56 Å². The molecule has 0 radical (unpaired) electrons. The second-order valence-electron chi connectivity index (χ2n) is 5.08. The first-order chi connectivity index (χ1) is 10.6. The second kappa shape index (κ2) is 6.04. The Morgan fingerprint density at radius 3 is 2.27 bits per heavy atom. The highest BCUT2D eigenvalue weighted by atomic mass is 127. The van der Waals surface area contributed by atoms with Crippen LogP contribution in [0.5, 0.6) is 0 Å². The van der Waals surface area contributed by atoms with Crippen molar-refractivity contribution < 1.29 is 0 Å². The molecule has 0 atom stereocenters. The van der Waals surface area contributed by atoms with Crippen molar-refractivity contribution in [2.45, 2.75) is 13.8 Å². The average molecular weight is 402 g/mol. The summed E-state index contributed by atoms with van der Waals surface area (Å²) in [6, 6.07) is 17.8. The topological polar surface area (TPSA) is 34.9 Å². The standard InChI is InChI=1S/C18H15IN2O/c1-12-17(14-8-4-3-5-9-14)18(22)20-13(2)21(12)16-11-7-6-10-15(16)19/h3-11H,1-2H3. The van der Waals surface area contributed by atoms with Crippen LogP contribution in [0.15, 0.2) is 59.4 Å². The van der Waals surface area contributed by atoms with E-state index in [2.05, 4.69) is 33.6 Å². The van der Waals surface area contributed by atoms with Crippen LogP contribution in [-0.4, -0.2) is 9.55 Å². The zero-order valence-electron chi connectivity index (χ0n) is 12.4. The summed E-state index contributed by atoms with van der Waals surface area (Å²) in [7, 11) is 0. The lowest BCUT2D eigenvalue weighted by Gasteiger charge is -2.18. The molecule has 110 valence electrons. The molecule has 1 heterocycles. The van der Waals surface area contributed by atoms with Crippen molar-refractivity contribution in [3.63, 3.8) is 0 Å². The van der Waals surface area contributed by atoms with E-state index >= 15 is 0 Å². The molecule has 22 heavy (non-hydrogen) atoms. The molecule has 0 N–H and O–H groups in total. The smallest absolute Gasteiger partial charge is 0.281 e. The second-order valence-corrected chi connectivity index (χ2v) is 6.24. The Balaban J connectivity index is 2.34. The third-order valence-electron chi connectivity index (χ3n) is 3.65. The van der Waals surface area contributed by atoms with Gasteiger partial charge in [-0.1, -0.05) is 42.5 Å². The summed E-state index contributed by atoms with van der Waals surface area (Å²) in [6.45, 7) is 3.84. The number of rotatable bonds is 2. The van der Waals surface area contributed by atoms with Crippen molar-refractivity contribution in [3.05, 3.63) is 80.0 Å². The molecule has 3 nitrogen and oxygen atoms in total. The highest BCUT2D eigenvalue weighted by Crippen LogP contribution is 2.24. The fourth-order valence-electron chi connectivity index (χ4n) is 2.69. The molecule has 1 aromatic heterocycles. The molecule has 0 aliphatic heterocycles. The van der Waals surface area contributed by atoms with Gasteiger partial charge in [-0.25, -0.2) is 0 Å². The minimum Gasteiger partial charge on any atom is -0.301 e. The molecule has 0 aliphatic rings. The van der Waals surface area contributed by atoms with E-state index in [0.29, 0.717) is 11.4 Å². The summed E-state index contributed by atoms with van der Waals surface area (Å²) in [5.41, 5.74) is 3.34. The number of hydrogen-bond acceptors (Lipinski definition) is 2. The molecule has 0 amide bonds. The van der Waals surface area contributed by atoms with E-state index < -0.39 is 0 Å². The Bertz CT molecular complexity index is 885. The molecule has 0 bridgehead atoms. The van der Waals surface area contributed by atoms with Crippen molar-refractivity contribution in [2.24, 2.45) is 0 Å². The van der Waals surface area contributed by atoms with Crippen molar-refractivity contribution >= 4 is 22.6 Å². The van der Waals surface area contributed by atoms with E-state index in [1.807, 2.05) is 66.9 Å². The first kappa shape index (κ1) is 15.0. The maximum absolute atomic E-state index is 12.4. The Morgan fingerprint density at radius 1 is 0.955 bits per heavy atom. The maximum Gasteiger partial charge on any atom is 0.281 e. The average Bonchev–Trinajstić information content (AvgIpc) is 2.50. The zero-order valence-corrected chi connectivity index (χ0v) is 14.5. The molecule has 3 aromatic rings. The highest BCUT2D eigenvalue weighted by molar-refractivity contribution is 14.1. The molecule has 0 saturated heterocycles. The van der Waals surface area contributed by atoms with Crippen LogP contribution >= 0.6 is 22.6 Å². The van der Waals surface area contributed by atoms with E-state index in [1.165, 1.54) is 0 Å². The number of nitrogens with zero attached hydrogens (tertiary/aromatic N) is 2. The summed E-state index contributed by atoms with van der Waals surface area (Å²) in [5, 5.41) is 0. The highest BCUT2D eigenvalue weighted by Gasteiger charge is 2.15. The number of aromatic nitrogens is 2. The van der Waals surface area contributed by atoms with E-state index in [9.17, 15) is 4.79 Å². The lowest BCUT2D eigenvalue weighted by molar-refractivity contribution is 0.853. The third-order valence-corrected chi connectivity index (χ3v) is 4.57. The largest absolute Gasteiger partial charge is 0.301 e. The summed E-state index contributed by atoms with van der Waals surface area (Å²) in [4.78, 5) is 16.6. The quantitative estimate of drug-likeness (QED) is 0.605. The van der Waals surface area contributed by atoms with Crippen molar-refractivity contribution in [3.8, 4) is 16.8 Å². The molecule has 0 spiro atoms.